The Balaban J connectivity index is 1.28. The van der Waals surface area contributed by atoms with Crippen LogP contribution < -0.4 is 10.6 Å². The van der Waals surface area contributed by atoms with Crippen molar-refractivity contribution in [3.8, 4) is 11.4 Å². The van der Waals surface area contributed by atoms with Gasteiger partial charge in [-0.15, -0.1) is 10.2 Å². The van der Waals surface area contributed by atoms with E-state index < -0.39 is 0 Å². The third kappa shape index (κ3) is 4.65. The maximum absolute atomic E-state index is 13.0. The maximum Gasteiger partial charge on any atom is 0.251 e. The molecular formula is C22H22N10O2. The second-order valence-corrected chi connectivity index (χ2v) is 8.05. The lowest BCUT2D eigenvalue weighted by molar-refractivity contribution is 0.0863. The third-order valence-electron chi connectivity index (χ3n) is 5.84. The van der Waals surface area contributed by atoms with Crippen molar-refractivity contribution in [3.63, 3.8) is 0 Å². The van der Waals surface area contributed by atoms with E-state index in [4.69, 9.17) is 0 Å². The lowest BCUT2D eigenvalue weighted by Crippen LogP contribution is -2.53. The molecule has 4 aromatic rings. The zero-order valence-corrected chi connectivity index (χ0v) is 18.2. The van der Waals surface area contributed by atoms with Crippen LogP contribution in [0.4, 0.5) is 0 Å². The van der Waals surface area contributed by atoms with Crippen LogP contribution in [0, 0.1) is 0 Å². The summed E-state index contributed by atoms with van der Waals surface area (Å²) in [6, 6.07) is 13.8. The van der Waals surface area contributed by atoms with Crippen molar-refractivity contribution >= 4 is 11.8 Å². The van der Waals surface area contributed by atoms with Crippen LogP contribution in [-0.2, 0) is 0 Å². The fourth-order valence-corrected chi connectivity index (χ4v) is 4.12. The Morgan fingerprint density at radius 3 is 1.62 bits per heavy atom. The van der Waals surface area contributed by atoms with Crippen molar-refractivity contribution in [2.75, 3.05) is 0 Å². The molecule has 2 aromatic carbocycles. The van der Waals surface area contributed by atoms with Gasteiger partial charge in [0.1, 0.15) is 12.7 Å². The molecule has 0 saturated heterocycles. The Labute approximate surface area is 194 Å². The second-order valence-electron chi connectivity index (χ2n) is 8.05. The Kier molecular flexibility index (Phi) is 6.01. The number of carbonyl (C=O) groups is 2. The van der Waals surface area contributed by atoms with Crippen molar-refractivity contribution < 1.29 is 9.59 Å². The normalized spacial score (nSPS) is 17.8. The molecule has 0 bridgehead atoms. The zero-order chi connectivity index (χ0) is 23.3. The number of carbonyl (C=O) groups excluding carboxylic acids is 2. The summed E-state index contributed by atoms with van der Waals surface area (Å²) in [5, 5.41) is 28.4. The van der Waals surface area contributed by atoms with Crippen molar-refractivity contribution in [2.45, 2.75) is 37.8 Å². The van der Waals surface area contributed by atoms with Gasteiger partial charge in [-0.3, -0.25) is 9.59 Å². The van der Waals surface area contributed by atoms with Crippen LogP contribution in [-0.4, -0.2) is 64.3 Å². The maximum atomic E-state index is 13.0. The van der Waals surface area contributed by atoms with Crippen LogP contribution in [0.2, 0.25) is 0 Å². The highest BCUT2D eigenvalue weighted by Gasteiger charge is 2.28. The van der Waals surface area contributed by atoms with E-state index in [9.17, 15) is 9.59 Å². The van der Waals surface area contributed by atoms with Gasteiger partial charge >= 0.3 is 0 Å². The number of rotatable bonds is 6. The first-order valence-electron chi connectivity index (χ1n) is 11.0. The topological polar surface area (TPSA) is 145 Å². The van der Waals surface area contributed by atoms with E-state index in [0.717, 1.165) is 25.7 Å². The number of nitrogens with zero attached hydrogens (tertiary/aromatic N) is 8. The first-order valence-corrected chi connectivity index (χ1v) is 11.0. The summed E-state index contributed by atoms with van der Waals surface area (Å²) in [5.41, 5.74) is 2.37. The highest BCUT2D eigenvalue weighted by Crippen LogP contribution is 2.20. The van der Waals surface area contributed by atoms with Crippen LogP contribution in [0.1, 0.15) is 46.4 Å². The lowest BCUT2D eigenvalue weighted by atomic mass is 9.89. The highest BCUT2D eigenvalue weighted by atomic mass is 16.2. The summed E-state index contributed by atoms with van der Waals surface area (Å²) < 4.78 is 2.98. The van der Waals surface area contributed by atoms with Gasteiger partial charge in [-0.1, -0.05) is 25.0 Å². The van der Waals surface area contributed by atoms with E-state index in [1.807, 2.05) is 12.1 Å². The molecule has 2 aromatic heterocycles. The largest absolute Gasteiger partial charge is 0.347 e. The fraction of sp³-hybridized carbons (Fsp3) is 0.273. The average Bonchev–Trinajstić information content (AvgIpc) is 3.60. The van der Waals surface area contributed by atoms with Crippen LogP contribution in [0.25, 0.3) is 11.4 Å². The smallest absolute Gasteiger partial charge is 0.251 e. The van der Waals surface area contributed by atoms with E-state index in [1.54, 1.807) is 36.4 Å². The van der Waals surface area contributed by atoms with Gasteiger partial charge in [-0.25, -0.2) is 9.36 Å². The predicted molar refractivity (Wildman–Crippen MR) is 119 cm³/mol. The average molecular weight is 458 g/mol. The summed E-state index contributed by atoms with van der Waals surface area (Å²) in [7, 11) is 0. The van der Waals surface area contributed by atoms with E-state index in [1.165, 1.54) is 22.0 Å². The molecule has 1 fully saturated rings. The van der Waals surface area contributed by atoms with Crippen molar-refractivity contribution in [1.29, 1.82) is 0 Å². The van der Waals surface area contributed by atoms with Gasteiger partial charge in [0.25, 0.3) is 11.8 Å². The number of amides is 2. The number of hydrogen-bond acceptors (Lipinski definition) is 8. The molecule has 0 spiro atoms. The van der Waals surface area contributed by atoms with Crippen molar-refractivity contribution in [2.24, 2.45) is 0 Å². The molecule has 1 saturated carbocycles. The number of benzene rings is 2. The molecule has 0 radical (unpaired) electrons. The summed E-state index contributed by atoms with van der Waals surface area (Å²) in [6.07, 6.45) is 6.48. The molecule has 1 aliphatic carbocycles. The van der Waals surface area contributed by atoms with Crippen molar-refractivity contribution in [3.05, 3.63) is 72.3 Å². The number of tetrazole rings is 2. The Bertz CT molecular complexity index is 1170. The zero-order valence-electron chi connectivity index (χ0n) is 18.2. The van der Waals surface area contributed by atoms with E-state index in [2.05, 4.69) is 41.7 Å². The highest BCUT2D eigenvalue weighted by molar-refractivity contribution is 5.96. The number of aromatic nitrogens is 8. The molecule has 2 heterocycles. The first-order chi connectivity index (χ1) is 16.7. The van der Waals surface area contributed by atoms with Crippen LogP contribution in [0.5, 0.6) is 0 Å². The van der Waals surface area contributed by atoms with Gasteiger partial charge in [-0.05, 0) is 70.1 Å². The monoisotopic (exact) mass is 458 g/mol. The Morgan fingerprint density at radius 1 is 0.735 bits per heavy atom. The fourth-order valence-electron chi connectivity index (χ4n) is 4.12. The van der Waals surface area contributed by atoms with Crippen LogP contribution in [0.15, 0.2) is 61.2 Å². The molecule has 172 valence electrons. The quantitative estimate of drug-likeness (QED) is 0.437. The molecule has 2 N–H and O–H groups in total. The standard InChI is InChI=1S/C22H22N10O2/c33-21(15-5-3-7-17(11-15)31-13-23-27-29-31)25-19-9-1-2-10-20(19)26-22(34)16-6-4-8-18(12-16)32-14-24-28-30-32/h3-8,11-14,19-20H,1-2,9-10H2,(H,25,33)(H,26,34). The molecule has 34 heavy (non-hydrogen) atoms. The van der Waals surface area contributed by atoms with Gasteiger partial charge < -0.3 is 10.6 Å². The SMILES string of the molecule is O=C(NC1CCCCC1NC(=O)c1cccc(-n2cnnn2)c1)c1cccc(-n2cnnn2)c1. The molecule has 12 nitrogen and oxygen atoms in total. The molecule has 2 amide bonds. The first kappa shape index (κ1) is 21.4. The minimum Gasteiger partial charge on any atom is -0.347 e. The van der Waals surface area contributed by atoms with Crippen LogP contribution in [0.3, 0.4) is 0 Å². The van der Waals surface area contributed by atoms with Crippen LogP contribution >= 0.6 is 0 Å². The predicted octanol–water partition coefficient (Wildman–Crippen LogP) is 1.11. The van der Waals surface area contributed by atoms with Gasteiger partial charge in [0, 0.05) is 23.2 Å². The molecule has 2 unspecified atom stereocenters. The molecule has 2 atom stereocenters. The minimum atomic E-state index is -0.207. The van der Waals surface area contributed by atoms with Gasteiger partial charge in [0.2, 0.25) is 0 Å². The van der Waals surface area contributed by atoms with E-state index in [-0.39, 0.29) is 23.9 Å². The van der Waals surface area contributed by atoms with Gasteiger partial charge in [0.15, 0.2) is 0 Å². The summed E-state index contributed by atoms with van der Waals surface area (Å²) in [4.78, 5) is 26.0. The second kappa shape index (κ2) is 9.57. The molecular weight excluding hydrogens is 436 g/mol. The minimum absolute atomic E-state index is 0.176. The van der Waals surface area contributed by atoms with E-state index >= 15 is 0 Å². The van der Waals surface area contributed by atoms with Gasteiger partial charge in [-0.2, -0.15) is 0 Å². The summed E-state index contributed by atoms with van der Waals surface area (Å²) in [5.74, 6) is -0.413. The molecule has 0 aliphatic heterocycles. The van der Waals surface area contributed by atoms with Gasteiger partial charge in [0.05, 0.1) is 11.4 Å². The third-order valence-corrected chi connectivity index (χ3v) is 5.84. The molecule has 5 rings (SSSR count). The molecule has 12 heteroatoms. The van der Waals surface area contributed by atoms with Crippen molar-refractivity contribution in [1.82, 2.24) is 51.0 Å². The summed E-state index contributed by atoms with van der Waals surface area (Å²) in [6.45, 7) is 0. The lowest BCUT2D eigenvalue weighted by Gasteiger charge is -2.33. The Hall–Kier alpha value is -4.48. The summed E-state index contributed by atoms with van der Waals surface area (Å²) >= 11 is 0. The number of hydrogen-bond donors (Lipinski definition) is 2. The number of nitrogens with one attached hydrogen (secondary N) is 2. The van der Waals surface area contributed by atoms with E-state index in [0.29, 0.717) is 22.5 Å². The Morgan fingerprint density at radius 2 is 1.21 bits per heavy atom. The molecule has 1 aliphatic rings.